The summed E-state index contributed by atoms with van der Waals surface area (Å²) in [5.41, 5.74) is 3.06. The second-order valence-electron chi connectivity index (χ2n) is 12.1. The largest absolute Gasteiger partial charge is 0.461 e. The summed E-state index contributed by atoms with van der Waals surface area (Å²) in [5.74, 6) is -0.118. The highest BCUT2D eigenvalue weighted by Crippen LogP contribution is 2.38. The van der Waals surface area contributed by atoms with Gasteiger partial charge in [0.25, 0.3) is 5.91 Å². The first kappa shape index (κ1) is 28.0. The van der Waals surface area contributed by atoms with Gasteiger partial charge in [0.15, 0.2) is 5.78 Å². The highest BCUT2D eigenvalue weighted by molar-refractivity contribution is 5.98. The molecule has 1 spiro atoms. The Bertz CT molecular complexity index is 1170. The van der Waals surface area contributed by atoms with E-state index in [9.17, 15) is 14.4 Å². The molecule has 1 amide bonds. The molecule has 2 aliphatic rings. The second-order valence-corrected chi connectivity index (χ2v) is 12.1. The standard InChI is InChI=1S/C30H41N3O5/c1-6-23-26-24(16-30(17-31-27(26)35)11-13-37-14-12-30)33(32-23)18-29(4,5)19-38-28(36)22-9-7-21(8-10-22)25(34)15-20(2)3/h7-10,20H,6,11-19H2,1-5H3,(H,31,35). The SMILES string of the molecule is CCc1nn(CC(C)(C)COC(=O)c2ccc(C(=O)CC(C)C)cc2)c2c1C(=O)NCC1(CCOCC1)C2. The van der Waals surface area contributed by atoms with E-state index in [1.807, 2.05) is 39.3 Å². The number of amides is 1. The normalized spacial score (nSPS) is 17.2. The summed E-state index contributed by atoms with van der Waals surface area (Å²) in [5, 5.41) is 8.00. The quantitative estimate of drug-likeness (QED) is 0.380. The van der Waals surface area contributed by atoms with Crippen molar-refractivity contribution in [1.29, 1.82) is 0 Å². The first-order valence-corrected chi connectivity index (χ1v) is 13.8. The topological polar surface area (TPSA) is 99.5 Å². The Labute approximate surface area is 225 Å². The fraction of sp³-hybridized carbons (Fsp3) is 0.600. The first-order valence-electron chi connectivity index (χ1n) is 13.8. The molecule has 0 saturated carbocycles. The number of esters is 1. The average molecular weight is 524 g/mol. The molecule has 1 fully saturated rings. The minimum atomic E-state index is -0.421. The van der Waals surface area contributed by atoms with Gasteiger partial charge in [0.05, 0.1) is 29.1 Å². The maximum Gasteiger partial charge on any atom is 0.338 e. The average Bonchev–Trinajstić information content (AvgIpc) is 3.14. The lowest BCUT2D eigenvalue weighted by Gasteiger charge is -2.36. The number of ether oxygens (including phenoxy) is 2. The monoisotopic (exact) mass is 523 g/mol. The number of nitrogens with one attached hydrogen (secondary N) is 1. The number of ketones is 1. The van der Waals surface area contributed by atoms with E-state index < -0.39 is 11.4 Å². The van der Waals surface area contributed by atoms with Gasteiger partial charge in [-0.05, 0) is 49.1 Å². The van der Waals surface area contributed by atoms with E-state index in [-0.39, 0.29) is 29.6 Å². The van der Waals surface area contributed by atoms with Crippen LogP contribution in [0.2, 0.25) is 0 Å². The molecule has 0 radical (unpaired) electrons. The molecule has 1 aromatic carbocycles. The van der Waals surface area contributed by atoms with Gasteiger partial charge in [-0.15, -0.1) is 0 Å². The predicted octanol–water partition coefficient (Wildman–Crippen LogP) is 4.64. The zero-order valence-corrected chi connectivity index (χ0v) is 23.4. The van der Waals surface area contributed by atoms with Crippen LogP contribution in [-0.4, -0.2) is 53.8 Å². The smallest absolute Gasteiger partial charge is 0.338 e. The van der Waals surface area contributed by atoms with Gasteiger partial charge in [-0.2, -0.15) is 5.10 Å². The fourth-order valence-electron chi connectivity index (χ4n) is 5.38. The van der Waals surface area contributed by atoms with E-state index in [1.165, 1.54) is 0 Å². The molecule has 206 valence electrons. The van der Waals surface area contributed by atoms with Crippen LogP contribution in [0.5, 0.6) is 0 Å². The number of carbonyl (C=O) groups is 3. The summed E-state index contributed by atoms with van der Waals surface area (Å²) in [4.78, 5) is 38.2. The van der Waals surface area contributed by atoms with Crippen molar-refractivity contribution >= 4 is 17.7 Å². The third-order valence-electron chi connectivity index (χ3n) is 7.62. The molecule has 1 aromatic heterocycles. The van der Waals surface area contributed by atoms with Crippen molar-refractivity contribution < 1.29 is 23.9 Å². The van der Waals surface area contributed by atoms with E-state index in [4.69, 9.17) is 14.6 Å². The van der Waals surface area contributed by atoms with Crippen molar-refractivity contribution in [2.24, 2.45) is 16.7 Å². The van der Waals surface area contributed by atoms with Gasteiger partial charge < -0.3 is 14.8 Å². The lowest BCUT2D eigenvalue weighted by Crippen LogP contribution is -2.41. The molecular weight excluding hydrogens is 482 g/mol. The van der Waals surface area contributed by atoms with Crippen molar-refractivity contribution in [1.82, 2.24) is 15.1 Å². The summed E-state index contributed by atoms with van der Waals surface area (Å²) < 4.78 is 13.3. The fourth-order valence-corrected chi connectivity index (χ4v) is 5.38. The molecule has 1 saturated heterocycles. The van der Waals surface area contributed by atoms with Gasteiger partial charge in [-0.25, -0.2) is 4.79 Å². The lowest BCUT2D eigenvalue weighted by atomic mass is 9.76. The number of rotatable bonds is 9. The van der Waals surface area contributed by atoms with Crippen LogP contribution in [0, 0.1) is 16.7 Å². The zero-order valence-electron chi connectivity index (χ0n) is 23.4. The van der Waals surface area contributed by atoms with E-state index in [0.29, 0.717) is 55.8 Å². The Morgan fingerprint density at radius 2 is 1.82 bits per heavy atom. The van der Waals surface area contributed by atoms with Gasteiger partial charge in [0.1, 0.15) is 0 Å². The van der Waals surface area contributed by atoms with Gasteiger partial charge in [-0.1, -0.05) is 46.8 Å². The number of fused-ring (bicyclic) bond motifs is 1. The molecule has 0 atom stereocenters. The highest BCUT2D eigenvalue weighted by Gasteiger charge is 2.40. The molecule has 3 heterocycles. The molecule has 4 rings (SSSR count). The Hall–Kier alpha value is -3.00. The molecule has 8 nitrogen and oxygen atoms in total. The molecular formula is C30H41N3O5. The molecule has 38 heavy (non-hydrogen) atoms. The minimum absolute atomic E-state index is 0.0265. The lowest BCUT2D eigenvalue weighted by molar-refractivity contribution is 0.0145. The van der Waals surface area contributed by atoms with Crippen molar-refractivity contribution in [3.05, 3.63) is 52.3 Å². The number of carbonyl (C=O) groups excluding carboxylic acids is 3. The Morgan fingerprint density at radius 3 is 2.45 bits per heavy atom. The Morgan fingerprint density at radius 1 is 1.16 bits per heavy atom. The van der Waals surface area contributed by atoms with Crippen LogP contribution < -0.4 is 5.32 Å². The predicted molar refractivity (Wildman–Crippen MR) is 144 cm³/mol. The van der Waals surface area contributed by atoms with Crippen molar-refractivity contribution in [3.63, 3.8) is 0 Å². The Balaban J connectivity index is 1.46. The van der Waals surface area contributed by atoms with Crippen molar-refractivity contribution in [2.45, 2.75) is 73.3 Å². The molecule has 2 aliphatic heterocycles. The summed E-state index contributed by atoms with van der Waals surface area (Å²) in [6.07, 6.45) is 3.73. The number of nitrogens with zero attached hydrogens (tertiary/aromatic N) is 2. The van der Waals surface area contributed by atoms with Crippen LogP contribution in [0.3, 0.4) is 0 Å². The number of hydrogen-bond acceptors (Lipinski definition) is 6. The van der Waals surface area contributed by atoms with Gasteiger partial charge >= 0.3 is 5.97 Å². The molecule has 0 unspecified atom stereocenters. The molecule has 0 bridgehead atoms. The first-order chi connectivity index (χ1) is 18.0. The van der Waals surface area contributed by atoms with Crippen molar-refractivity contribution in [2.75, 3.05) is 26.4 Å². The van der Waals surface area contributed by atoms with Crippen LogP contribution in [0.15, 0.2) is 24.3 Å². The van der Waals surface area contributed by atoms with Crippen molar-refractivity contribution in [3.8, 4) is 0 Å². The minimum Gasteiger partial charge on any atom is -0.461 e. The number of Topliss-reactive ketones (excluding diaryl/α,β-unsaturated/α-hetero) is 1. The third-order valence-corrected chi connectivity index (χ3v) is 7.62. The number of benzene rings is 1. The van der Waals surface area contributed by atoms with Crippen LogP contribution >= 0.6 is 0 Å². The second kappa shape index (κ2) is 11.4. The van der Waals surface area contributed by atoms with E-state index in [1.54, 1.807) is 24.3 Å². The molecule has 2 aromatic rings. The number of aromatic nitrogens is 2. The molecule has 8 heteroatoms. The van der Waals surface area contributed by atoms with Crippen LogP contribution in [-0.2, 0) is 28.9 Å². The maximum absolute atomic E-state index is 13.1. The molecule has 1 N–H and O–H groups in total. The summed E-state index contributed by atoms with van der Waals surface area (Å²) in [7, 11) is 0. The van der Waals surface area contributed by atoms with Crippen LogP contribution in [0.25, 0.3) is 0 Å². The maximum atomic E-state index is 13.1. The Kier molecular flexibility index (Phi) is 8.40. The summed E-state index contributed by atoms with van der Waals surface area (Å²) >= 11 is 0. The molecule has 0 aliphatic carbocycles. The van der Waals surface area contributed by atoms with Gasteiger partial charge in [-0.3, -0.25) is 14.3 Å². The number of aryl methyl sites for hydroxylation is 1. The zero-order chi connectivity index (χ0) is 27.5. The van der Waals surface area contributed by atoms with Gasteiger partial charge in [0, 0.05) is 43.7 Å². The third kappa shape index (κ3) is 6.34. The highest BCUT2D eigenvalue weighted by atomic mass is 16.5. The van der Waals surface area contributed by atoms with E-state index in [2.05, 4.69) is 5.32 Å². The summed E-state index contributed by atoms with van der Waals surface area (Å²) in [6, 6.07) is 6.68. The van der Waals surface area contributed by atoms with Crippen LogP contribution in [0.1, 0.15) is 96.3 Å². The van der Waals surface area contributed by atoms with E-state index >= 15 is 0 Å². The van der Waals surface area contributed by atoms with E-state index in [0.717, 1.165) is 30.7 Å². The van der Waals surface area contributed by atoms with Gasteiger partial charge in [0.2, 0.25) is 0 Å². The summed E-state index contributed by atoms with van der Waals surface area (Å²) in [6.45, 7) is 12.9. The number of hydrogen-bond donors (Lipinski definition) is 1. The van der Waals surface area contributed by atoms with Crippen LogP contribution in [0.4, 0.5) is 0 Å².